The van der Waals surface area contributed by atoms with Gasteiger partial charge in [-0.3, -0.25) is 5.41 Å². The summed E-state index contributed by atoms with van der Waals surface area (Å²) in [7, 11) is -3.80. The van der Waals surface area contributed by atoms with E-state index in [0.29, 0.717) is 40.2 Å². The van der Waals surface area contributed by atoms with Crippen LogP contribution in [0.3, 0.4) is 0 Å². The molecule has 7 nitrogen and oxygen atoms in total. The molecule has 2 aromatic carbocycles. The van der Waals surface area contributed by atoms with Crippen LogP contribution in [0.25, 0.3) is 10.9 Å². The summed E-state index contributed by atoms with van der Waals surface area (Å²) in [5.41, 5.74) is 10.4. The molecule has 0 spiro atoms. The summed E-state index contributed by atoms with van der Waals surface area (Å²) in [6, 6.07) is 13.5. The van der Waals surface area contributed by atoms with E-state index in [1.807, 2.05) is 0 Å². The minimum Gasteiger partial charge on any atom is -0.369 e. The predicted molar refractivity (Wildman–Crippen MR) is 110 cm³/mol. The fraction of sp³-hybridized carbons (Fsp3) is 0.158. The summed E-state index contributed by atoms with van der Waals surface area (Å²) >= 11 is 6.21. The Morgan fingerprint density at radius 1 is 1.18 bits per heavy atom. The number of nitrogens with one attached hydrogen (secondary N) is 2. The number of fused-ring (bicyclic) bond motifs is 3. The van der Waals surface area contributed by atoms with Gasteiger partial charge in [-0.2, -0.15) is 5.10 Å². The van der Waals surface area contributed by atoms with Gasteiger partial charge in [-0.05, 0) is 49.6 Å². The Hall–Kier alpha value is -2.84. The lowest BCUT2D eigenvalue weighted by Gasteiger charge is -2.18. The van der Waals surface area contributed by atoms with Crippen LogP contribution in [0.4, 0.5) is 0 Å². The van der Waals surface area contributed by atoms with Gasteiger partial charge < -0.3 is 5.73 Å². The van der Waals surface area contributed by atoms with E-state index in [4.69, 9.17) is 22.7 Å². The maximum absolute atomic E-state index is 13.5. The van der Waals surface area contributed by atoms with E-state index in [1.165, 1.54) is 3.97 Å². The van der Waals surface area contributed by atoms with Crippen LogP contribution in [0.15, 0.2) is 58.5 Å². The fourth-order valence-corrected chi connectivity index (χ4v) is 5.37. The minimum absolute atomic E-state index is 0.218. The molecule has 0 amide bonds. The second-order valence-electron chi connectivity index (χ2n) is 6.50. The zero-order valence-corrected chi connectivity index (χ0v) is 16.4. The SMILES string of the molecule is N=C(N)N/N=C1\CCCc2c1c1cc(Cl)ccc1n2S(=O)(=O)c1ccccc1. The van der Waals surface area contributed by atoms with Crippen LogP contribution < -0.4 is 11.2 Å². The molecular formula is C19H18ClN5O2S. The molecule has 4 N–H and O–H groups in total. The van der Waals surface area contributed by atoms with E-state index in [2.05, 4.69) is 10.5 Å². The number of aromatic nitrogens is 1. The Morgan fingerprint density at radius 3 is 2.64 bits per heavy atom. The standard InChI is InChI=1S/C19H18ClN5O2S/c20-12-9-10-16-14(11-12)18-15(23-24-19(21)22)7-4-8-17(18)25(16)28(26,27)13-5-2-1-3-6-13/h1-3,5-6,9-11H,4,7-8H2,(H4,21,22,24)/b23-15+. The molecule has 3 aromatic rings. The molecule has 1 aliphatic rings. The third-order valence-electron chi connectivity index (χ3n) is 4.69. The highest BCUT2D eigenvalue weighted by Gasteiger charge is 2.31. The Balaban J connectivity index is 2.05. The van der Waals surface area contributed by atoms with Crippen molar-refractivity contribution in [2.75, 3.05) is 0 Å². The zero-order valence-electron chi connectivity index (χ0n) is 14.8. The maximum atomic E-state index is 13.5. The van der Waals surface area contributed by atoms with E-state index >= 15 is 0 Å². The van der Waals surface area contributed by atoms with E-state index in [1.54, 1.807) is 48.5 Å². The van der Waals surface area contributed by atoms with Gasteiger partial charge in [0.15, 0.2) is 0 Å². The normalized spacial score (nSPS) is 15.5. The fourth-order valence-electron chi connectivity index (χ4n) is 3.60. The molecule has 0 unspecified atom stereocenters. The molecule has 1 aromatic heterocycles. The molecule has 0 aliphatic heterocycles. The highest BCUT2D eigenvalue weighted by atomic mass is 35.5. The van der Waals surface area contributed by atoms with Crippen LogP contribution in [0, 0.1) is 5.41 Å². The quantitative estimate of drug-likeness (QED) is 0.346. The molecule has 0 saturated carbocycles. The van der Waals surface area contributed by atoms with E-state index < -0.39 is 10.0 Å². The van der Waals surface area contributed by atoms with Crippen molar-refractivity contribution in [2.24, 2.45) is 10.8 Å². The summed E-state index contributed by atoms with van der Waals surface area (Å²) in [4.78, 5) is 0.218. The summed E-state index contributed by atoms with van der Waals surface area (Å²) in [6.45, 7) is 0. The van der Waals surface area contributed by atoms with Gasteiger partial charge >= 0.3 is 0 Å². The monoisotopic (exact) mass is 415 g/mol. The number of guanidine groups is 1. The van der Waals surface area contributed by atoms with E-state index in [0.717, 1.165) is 12.0 Å². The van der Waals surface area contributed by atoms with Crippen molar-refractivity contribution in [2.45, 2.75) is 24.2 Å². The first-order valence-corrected chi connectivity index (χ1v) is 10.5. The Labute approximate surface area is 167 Å². The zero-order chi connectivity index (χ0) is 19.9. The van der Waals surface area contributed by atoms with Gasteiger partial charge in [0.1, 0.15) is 0 Å². The molecule has 0 fully saturated rings. The third-order valence-corrected chi connectivity index (χ3v) is 6.69. The Kier molecular flexibility index (Phi) is 4.60. The first-order valence-electron chi connectivity index (χ1n) is 8.70. The average molecular weight is 416 g/mol. The number of hydrogen-bond donors (Lipinski definition) is 3. The number of benzene rings is 2. The van der Waals surface area contributed by atoms with E-state index in [9.17, 15) is 8.42 Å². The molecule has 144 valence electrons. The topological polar surface area (TPSA) is 113 Å². The van der Waals surface area contributed by atoms with Crippen LogP contribution >= 0.6 is 11.6 Å². The molecule has 1 aliphatic carbocycles. The first kappa shape index (κ1) is 18.5. The average Bonchev–Trinajstić information content (AvgIpc) is 3.01. The Bertz CT molecular complexity index is 1220. The predicted octanol–water partition coefficient (Wildman–Crippen LogP) is 3.06. The smallest absolute Gasteiger partial charge is 0.268 e. The molecule has 0 atom stereocenters. The lowest BCUT2D eigenvalue weighted by atomic mass is 9.93. The van der Waals surface area contributed by atoms with Crippen LogP contribution in [-0.2, 0) is 16.4 Å². The van der Waals surface area contributed by atoms with Crippen LogP contribution in [0.2, 0.25) is 5.02 Å². The second-order valence-corrected chi connectivity index (χ2v) is 8.73. The lowest BCUT2D eigenvalue weighted by molar-refractivity contribution is 0.586. The van der Waals surface area contributed by atoms with Gasteiger partial charge in [0, 0.05) is 21.7 Å². The number of rotatable bonds is 3. The summed E-state index contributed by atoms with van der Waals surface area (Å²) in [5, 5.41) is 12.8. The van der Waals surface area contributed by atoms with Gasteiger partial charge in [-0.25, -0.2) is 17.8 Å². The lowest BCUT2D eigenvalue weighted by Crippen LogP contribution is -2.28. The molecular weight excluding hydrogens is 398 g/mol. The molecule has 0 saturated heterocycles. The first-order chi connectivity index (χ1) is 13.4. The number of nitrogens with zero attached hydrogens (tertiary/aromatic N) is 2. The van der Waals surface area contributed by atoms with Gasteiger partial charge in [0.25, 0.3) is 10.0 Å². The van der Waals surface area contributed by atoms with Crippen LogP contribution in [0.1, 0.15) is 24.1 Å². The number of nitrogens with two attached hydrogens (primary N) is 1. The molecule has 1 heterocycles. The summed E-state index contributed by atoms with van der Waals surface area (Å²) in [6.07, 6.45) is 1.97. The maximum Gasteiger partial charge on any atom is 0.268 e. The Morgan fingerprint density at radius 2 is 1.93 bits per heavy atom. The minimum atomic E-state index is -3.80. The molecule has 4 rings (SSSR count). The van der Waals surface area contributed by atoms with Crippen molar-refractivity contribution >= 4 is 44.2 Å². The largest absolute Gasteiger partial charge is 0.369 e. The van der Waals surface area contributed by atoms with Crippen molar-refractivity contribution in [3.05, 3.63) is 64.8 Å². The number of halogens is 1. The molecule has 0 bridgehead atoms. The van der Waals surface area contributed by atoms with Gasteiger partial charge in [0.2, 0.25) is 5.96 Å². The van der Waals surface area contributed by atoms with Gasteiger partial charge in [-0.15, -0.1) is 0 Å². The van der Waals surface area contributed by atoms with Crippen molar-refractivity contribution in [3.8, 4) is 0 Å². The molecule has 9 heteroatoms. The van der Waals surface area contributed by atoms with Crippen molar-refractivity contribution in [1.29, 1.82) is 5.41 Å². The van der Waals surface area contributed by atoms with Crippen LogP contribution in [-0.4, -0.2) is 24.1 Å². The van der Waals surface area contributed by atoms with Crippen LogP contribution in [0.5, 0.6) is 0 Å². The van der Waals surface area contributed by atoms with Gasteiger partial charge in [-0.1, -0.05) is 29.8 Å². The highest BCUT2D eigenvalue weighted by molar-refractivity contribution is 7.90. The van der Waals surface area contributed by atoms with Gasteiger partial charge in [0.05, 0.1) is 16.1 Å². The molecule has 28 heavy (non-hydrogen) atoms. The summed E-state index contributed by atoms with van der Waals surface area (Å²) < 4.78 is 28.3. The number of hydrazone groups is 1. The third kappa shape index (κ3) is 3.04. The van der Waals surface area contributed by atoms with Crippen molar-refractivity contribution < 1.29 is 8.42 Å². The second kappa shape index (κ2) is 6.96. The molecule has 0 radical (unpaired) electrons. The number of hydrogen-bond acceptors (Lipinski definition) is 4. The highest BCUT2D eigenvalue weighted by Crippen LogP contribution is 2.36. The summed E-state index contributed by atoms with van der Waals surface area (Å²) in [5.74, 6) is -0.279. The van der Waals surface area contributed by atoms with Crippen molar-refractivity contribution in [1.82, 2.24) is 9.40 Å². The van der Waals surface area contributed by atoms with E-state index in [-0.39, 0.29) is 10.9 Å². The van der Waals surface area contributed by atoms with Crippen molar-refractivity contribution in [3.63, 3.8) is 0 Å².